The largest absolute Gasteiger partial charge is 0.338 e. The van der Waals surface area contributed by atoms with E-state index in [1.54, 1.807) is 17.5 Å². The zero-order chi connectivity index (χ0) is 16.6. The monoisotopic (exact) mass is 357 g/mol. The van der Waals surface area contributed by atoms with Gasteiger partial charge >= 0.3 is 0 Å². The van der Waals surface area contributed by atoms with Gasteiger partial charge in [-0.15, -0.1) is 11.3 Å². The van der Waals surface area contributed by atoms with Crippen molar-refractivity contribution in [2.75, 3.05) is 19.6 Å². The summed E-state index contributed by atoms with van der Waals surface area (Å²) in [4.78, 5) is 14.8. The van der Waals surface area contributed by atoms with Crippen LogP contribution in [0.3, 0.4) is 0 Å². The first-order chi connectivity index (χ1) is 10.9. The molecule has 2 fully saturated rings. The predicted molar refractivity (Wildman–Crippen MR) is 89.6 cm³/mol. The summed E-state index contributed by atoms with van der Waals surface area (Å²) in [6.45, 7) is 3.63. The van der Waals surface area contributed by atoms with Crippen LogP contribution < -0.4 is 5.73 Å². The first-order valence-corrected chi connectivity index (χ1v) is 10.3. The van der Waals surface area contributed by atoms with E-state index in [9.17, 15) is 13.2 Å². The van der Waals surface area contributed by atoms with Gasteiger partial charge in [-0.1, -0.05) is 6.07 Å². The van der Waals surface area contributed by atoms with E-state index in [4.69, 9.17) is 5.73 Å². The third-order valence-electron chi connectivity index (χ3n) is 4.82. The molecule has 2 saturated heterocycles. The average Bonchev–Trinajstić information content (AvgIpc) is 3.26. The van der Waals surface area contributed by atoms with E-state index in [1.165, 1.54) is 15.6 Å². The number of nitrogens with two attached hydrogens (primary N) is 1. The van der Waals surface area contributed by atoms with Gasteiger partial charge in [0.2, 0.25) is 5.91 Å². The van der Waals surface area contributed by atoms with Gasteiger partial charge in [0.25, 0.3) is 10.0 Å². The van der Waals surface area contributed by atoms with Crippen molar-refractivity contribution in [3.63, 3.8) is 0 Å². The van der Waals surface area contributed by atoms with E-state index >= 15 is 0 Å². The molecule has 2 aliphatic rings. The summed E-state index contributed by atoms with van der Waals surface area (Å²) in [5, 5.41) is 1.74. The highest BCUT2D eigenvalue weighted by atomic mass is 32.2. The Labute approximate surface area is 141 Å². The molecule has 0 bridgehead atoms. The number of hydrogen-bond acceptors (Lipinski definition) is 5. The molecule has 1 aromatic heterocycles. The molecule has 2 N–H and O–H groups in total. The minimum atomic E-state index is -3.58. The maximum atomic E-state index is 12.9. The Morgan fingerprint density at radius 1 is 1.48 bits per heavy atom. The molecule has 0 radical (unpaired) electrons. The van der Waals surface area contributed by atoms with Gasteiger partial charge in [0.15, 0.2) is 0 Å². The second-order valence-electron chi connectivity index (χ2n) is 6.38. The Morgan fingerprint density at radius 2 is 2.26 bits per heavy atom. The molecule has 1 amide bonds. The van der Waals surface area contributed by atoms with Crippen molar-refractivity contribution in [2.24, 2.45) is 11.7 Å². The summed E-state index contributed by atoms with van der Waals surface area (Å²) in [5.41, 5.74) is 5.73. The quantitative estimate of drug-likeness (QED) is 0.874. The fourth-order valence-corrected chi connectivity index (χ4v) is 6.38. The van der Waals surface area contributed by atoms with Crippen LogP contribution >= 0.6 is 11.3 Å². The lowest BCUT2D eigenvalue weighted by molar-refractivity contribution is -0.135. The fourth-order valence-electron chi connectivity index (χ4n) is 3.61. The normalized spacial score (nSPS) is 29.3. The van der Waals surface area contributed by atoms with Crippen molar-refractivity contribution in [3.8, 4) is 0 Å². The van der Waals surface area contributed by atoms with Gasteiger partial charge in [-0.05, 0) is 50.1 Å². The van der Waals surface area contributed by atoms with Crippen molar-refractivity contribution in [3.05, 3.63) is 17.5 Å². The Balaban J connectivity index is 1.81. The lowest BCUT2D eigenvalue weighted by Gasteiger charge is -2.29. The molecule has 3 rings (SSSR count). The SMILES string of the molecule is CC1CC(CN)CN1C(=O)C1CCCN1S(=O)(=O)c1cccs1. The van der Waals surface area contributed by atoms with E-state index in [1.807, 2.05) is 11.8 Å². The average molecular weight is 358 g/mol. The molecule has 0 saturated carbocycles. The summed E-state index contributed by atoms with van der Waals surface area (Å²) < 4.78 is 27.2. The van der Waals surface area contributed by atoms with Crippen molar-refractivity contribution in [1.82, 2.24) is 9.21 Å². The maximum Gasteiger partial charge on any atom is 0.253 e. The smallest absolute Gasteiger partial charge is 0.253 e. The van der Waals surface area contributed by atoms with Crippen LogP contribution in [0.4, 0.5) is 0 Å². The molecule has 3 unspecified atom stereocenters. The number of thiophene rings is 1. The zero-order valence-corrected chi connectivity index (χ0v) is 14.9. The van der Waals surface area contributed by atoms with Crippen LogP contribution in [0.2, 0.25) is 0 Å². The van der Waals surface area contributed by atoms with Crippen LogP contribution in [0.5, 0.6) is 0 Å². The van der Waals surface area contributed by atoms with E-state index in [0.29, 0.717) is 36.2 Å². The zero-order valence-electron chi connectivity index (χ0n) is 13.2. The van der Waals surface area contributed by atoms with Gasteiger partial charge in [-0.3, -0.25) is 4.79 Å². The summed E-state index contributed by atoms with van der Waals surface area (Å²) in [5.74, 6) is 0.254. The van der Waals surface area contributed by atoms with Crippen LogP contribution in [0.15, 0.2) is 21.7 Å². The van der Waals surface area contributed by atoms with Crippen LogP contribution in [-0.4, -0.2) is 55.2 Å². The highest BCUT2D eigenvalue weighted by molar-refractivity contribution is 7.91. The van der Waals surface area contributed by atoms with Gasteiger partial charge in [0.05, 0.1) is 0 Å². The molecule has 3 atom stereocenters. The first-order valence-electron chi connectivity index (χ1n) is 8.01. The number of nitrogens with zero attached hydrogens (tertiary/aromatic N) is 2. The van der Waals surface area contributed by atoms with E-state index in [2.05, 4.69) is 0 Å². The lowest BCUT2D eigenvalue weighted by Crippen LogP contribution is -2.48. The Kier molecular flexibility index (Phi) is 4.78. The van der Waals surface area contributed by atoms with Gasteiger partial charge in [0.1, 0.15) is 10.3 Å². The van der Waals surface area contributed by atoms with Gasteiger partial charge in [-0.2, -0.15) is 4.31 Å². The topological polar surface area (TPSA) is 83.7 Å². The number of likely N-dealkylation sites (tertiary alicyclic amines) is 1. The third kappa shape index (κ3) is 3.05. The lowest BCUT2D eigenvalue weighted by atomic mass is 10.1. The summed E-state index contributed by atoms with van der Waals surface area (Å²) >= 11 is 1.20. The minimum absolute atomic E-state index is 0.0638. The second kappa shape index (κ2) is 6.51. The Hall–Kier alpha value is -0.960. The molecule has 0 aromatic carbocycles. The van der Waals surface area contributed by atoms with Crippen molar-refractivity contribution < 1.29 is 13.2 Å². The van der Waals surface area contributed by atoms with Crippen molar-refractivity contribution in [2.45, 2.75) is 42.5 Å². The number of rotatable bonds is 4. The molecule has 6 nitrogen and oxygen atoms in total. The molecule has 128 valence electrons. The molecule has 1 aromatic rings. The standard InChI is InChI=1S/C15H23N3O3S2/c1-11-8-12(9-16)10-17(11)15(19)13-4-2-6-18(13)23(20,21)14-5-3-7-22-14/h3,5,7,11-13H,2,4,6,8-10,16H2,1H3. The van der Waals surface area contributed by atoms with Crippen molar-refractivity contribution in [1.29, 1.82) is 0 Å². The summed E-state index contributed by atoms with van der Waals surface area (Å²) in [6.07, 6.45) is 2.22. The van der Waals surface area contributed by atoms with E-state index in [-0.39, 0.29) is 11.9 Å². The molecule has 0 aliphatic carbocycles. The number of carbonyl (C=O) groups is 1. The van der Waals surface area contributed by atoms with E-state index in [0.717, 1.165) is 12.8 Å². The summed E-state index contributed by atoms with van der Waals surface area (Å²) in [7, 11) is -3.58. The minimum Gasteiger partial charge on any atom is -0.338 e. The Bertz CT molecular complexity index is 660. The third-order valence-corrected chi connectivity index (χ3v) is 8.11. The summed E-state index contributed by atoms with van der Waals surface area (Å²) in [6, 6.07) is 2.88. The maximum absolute atomic E-state index is 12.9. The van der Waals surface area contributed by atoms with E-state index < -0.39 is 16.1 Å². The van der Waals surface area contributed by atoms with Crippen LogP contribution in [0, 0.1) is 5.92 Å². The molecule has 3 heterocycles. The predicted octanol–water partition coefficient (Wildman–Crippen LogP) is 1.10. The molecule has 0 spiro atoms. The fraction of sp³-hybridized carbons (Fsp3) is 0.667. The highest BCUT2D eigenvalue weighted by Gasteiger charge is 2.44. The number of carbonyl (C=O) groups excluding carboxylic acids is 1. The van der Waals surface area contributed by atoms with Crippen LogP contribution in [-0.2, 0) is 14.8 Å². The number of hydrogen-bond donors (Lipinski definition) is 1. The number of sulfonamides is 1. The molecule has 8 heteroatoms. The molecule has 2 aliphatic heterocycles. The van der Waals surface area contributed by atoms with Gasteiger partial charge in [-0.25, -0.2) is 8.42 Å². The van der Waals surface area contributed by atoms with Gasteiger partial charge < -0.3 is 10.6 Å². The van der Waals surface area contributed by atoms with Crippen molar-refractivity contribution >= 4 is 27.3 Å². The Morgan fingerprint density at radius 3 is 2.87 bits per heavy atom. The van der Waals surface area contributed by atoms with Crippen LogP contribution in [0.25, 0.3) is 0 Å². The van der Waals surface area contributed by atoms with Crippen LogP contribution in [0.1, 0.15) is 26.2 Å². The molecule has 23 heavy (non-hydrogen) atoms. The first kappa shape index (κ1) is 16.9. The number of amides is 1. The highest BCUT2D eigenvalue weighted by Crippen LogP contribution is 2.31. The second-order valence-corrected chi connectivity index (χ2v) is 9.45. The molecular formula is C15H23N3O3S2. The molecular weight excluding hydrogens is 334 g/mol. The van der Waals surface area contributed by atoms with Gasteiger partial charge in [0, 0.05) is 19.1 Å².